The molecule has 0 saturated carbocycles. The zero-order valence-electron chi connectivity index (χ0n) is 7.54. The maximum Gasteiger partial charge on any atom is 0.138 e. The van der Waals surface area contributed by atoms with Crippen LogP contribution in [-0.4, -0.2) is 6.09 Å². The molecule has 0 aromatic heterocycles. The number of rotatable bonds is 3. The summed E-state index contributed by atoms with van der Waals surface area (Å²) in [5.41, 5.74) is 1.64. The van der Waals surface area contributed by atoms with Crippen molar-refractivity contribution >= 4 is 11.8 Å². The van der Waals surface area contributed by atoms with Crippen LogP contribution in [-0.2, 0) is 6.42 Å². The molecule has 0 aliphatic heterocycles. The Kier molecular flexibility index (Phi) is 3.31. The fraction of sp³-hybridized carbons (Fsp3) is 0.300. The zero-order valence-corrected chi connectivity index (χ0v) is 7.54. The molecule has 1 rings (SSSR count). The quantitative estimate of drug-likeness (QED) is 0.760. The van der Waals surface area contributed by atoms with E-state index in [1.54, 1.807) is 12.1 Å². The third-order valence-electron chi connectivity index (χ3n) is 1.77. The van der Waals surface area contributed by atoms with Gasteiger partial charge in [-0.1, -0.05) is 31.5 Å². The van der Waals surface area contributed by atoms with Gasteiger partial charge in [0.05, 0.1) is 0 Å². The van der Waals surface area contributed by atoms with Gasteiger partial charge < -0.3 is 15.2 Å². The van der Waals surface area contributed by atoms with E-state index in [1.807, 2.05) is 12.1 Å². The van der Waals surface area contributed by atoms with Crippen molar-refractivity contribution in [1.82, 2.24) is 0 Å². The van der Waals surface area contributed by atoms with E-state index in [0.29, 0.717) is 5.69 Å². The summed E-state index contributed by atoms with van der Waals surface area (Å²) < 4.78 is 0. The Labute approximate surface area is 77.4 Å². The Balaban J connectivity index is 2.84. The molecule has 0 atom stereocenters. The highest BCUT2D eigenvalue weighted by Gasteiger charge is 1.98. The van der Waals surface area contributed by atoms with Crippen LogP contribution in [0.4, 0.5) is 10.5 Å². The van der Waals surface area contributed by atoms with E-state index in [0.717, 1.165) is 18.4 Å². The average molecular weight is 178 g/mol. The molecule has 1 aromatic carbocycles. The van der Waals surface area contributed by atoms with E-state index in [2.05, 4.69) is 12.2 Å². The smallest absolute Gasteiger partial charge is 0.138 e. The number of para-hydroxylation sites is 1. The summed E-state index contributed by atoms with van der Waals surface area (Å²) in [7, 11) is 0. The summed E-state index contributed by atoms with van der Waals surface area (Å²) in [6, 6.07) is 7.34. The minimum atomic E-state index is -1.26. The predicted molar refractivity (Wildman–Crippen MR) is 49.5 cm³/mol. The van der Waals surface area contributed by atoms with E-state index >= 15 is 0 Å². The van der Waals surface area contributed by atoms with Crippen LogP contribution >= 0.6 is 0 Å². The summed E-state index contributed by atoms with van der Waals surface area (Å²) in [5, 5.41) is 12.6. The van der Waals surface area contributed by atoms with Gasteiger partial charge in [0.2, 0.25) is 0 Å². The van der Waals surface area contributed by atoms with Crippen molar-refractivity contribution in [2.45, 2.75) is 19.8 Å². The number of nitrogens with one attached hydrogen (secondary N) is 1. The maximum atomic E-state index is 10.3. The van der Waals surface area contributed by atoms with Gasteiger partial charge in [0.1, 0.15) is 6.09 Å². The number of benzene rings is 1. The van der Waals surface area contributed by atoms with E-state index in [4.69, 9.17) is 0 Å². The average Bonchev–Trinajstić information content (AvgIpc) is 2.08. The largest absolute Gasteiger partial charge is 0.530 e. The standard InChI is InChI=1S/C10H13NO2/c1-2-5-8-6-3-4-7-9(8)11-10(12)13/h3-4,6-7,11H,2,5H2,1H3,(H,12,13)/p-1. The number of anilines is 1. The van der Waals surface area contributed by atoms with E-state index in [-0.39, 0.29) is 0 Å². The molecule has 0 radical (unpaired) electrons. The first-order chi connectivity index (χ1) is 6.24. The van der Waals surface area contributed by atoms with Crippen molar-refractivity contribution in [1.29, 1.82) is 0 Å². The van der Waals surface area contributed by atoms with Crippen LogP contribution in [0.3, 0.4) is 0 Å². The molecular formula is C10H12NO2-. The van der Waals surface area contributed by atoms with Gasteiger partial charge in [-0.15, -0.1) is 0 Å². The van der Waals surface area contributed by atoms with Crippen molar-refractivity contribution in [2.24, 2.45) is 0 Å². The molecule has 70 valence electrons. The molecule has 1 amide bonds. The fourth-order valence-electron chi connectivity index (χ4n) is 1.24. The first kappa shape index (κ1) is 9.58. The Morgan fingerprint density at radius 1 is 1.46 bits per heavy atom. The lowest BCUT2D eigenvalue weighted by molar-refractivity contribution is -0.242. The molecule has 1 aromatic rings. The molecule has 0 fully saturated rings. The van der Waals surface area contributed by atoms with Crippen molar-refractivity contribution in [3.05, 3.63) is 29.8 Å². The second kappa shape index (κ2) is 4.50. The van der Waals surface area contributed by atoms with E-state index < -0.39 is 6.09 Å². The van der Waals surface area contributed by atoms with Gasteiger partial charge in [0, 0.05) is 5.69 Å². The molecule has 0 bridgehead atoms. The normalized spacial score (nSPS) is 9.62. The van der Waals surface area contributed by atoms with E-state index in [1.165, 1.54) is 0 Å². The van der Waals surface area contributed by atoms with Gasteiger partial charge in [-0.2, -0.15) is 0 Å². The zero-order chi connectivity index (χ0) is 9.68. The number of carboxylic acid groups (broad SMARTS) is 1. The molecule has 0 saturated heterocycles. The molecule has 0 spiro atoms. The lowest BCUT2D eigenvalue weighted by Crippen LogP contribution is -2.29. The number of hydrogen-bond acceptors (Lipinski definition) is 2. The molecule has 0 aliphatic rings. The van der Waals surface area contributed by atoms with Gasteiger partial charge in [-0.3, -0.25) is 0 Å². The minimum Gasteiger partial charge on any atom is -0.530 e. The number of hydrogen-bond donors (Lipinski definition) is 1. The number of carbonyl (C=O) groups excluding carboxylic acids is 1. The number of carbonyl (C=O) groups is 1. The highest BCUT2D eigenvalue weighted by molar-refractivity contribution is 5.82. The number of aryl methyl sites for hydroxylation is 1. The molecule has 0 heterocycles. The van der Waals surface area contributed by atoms with Crippen LogP contribution in [0.25, 0.3) is 0 Å². The molecule has 0 aliphatic carbocycles. The summed E-state index contributed by atoms with van der Waals surface area (Å²) in [4.78, 5) is 10.3. The summed E-state index contributed by atoms with van der Waals surface area (Å²) >= 11 is 0. The Morgan fingerprint density at radius 2 is 2.15 bits per heavy atom. The van der Waals surface area contributed by atoms with Crippen molar-refractivity contribution < 1.29 is 9.90 Å². The Hall–Kier alpha value is -1.51. The van der Waals surface area contributed by atoms with Crippen LogP contribution in [0.5, 0.6) is 0 Å². The van der Waals surface area contributed by atoms with Gasteiger partial charge in [0.25, 0.3) is 0 Å². The van der Waals surface area contributed by atoms with Crippen LogP contribution in [0.2, 0.25) is 0 Å². The van der Waals surface area contributed by atoms with Crippen molar-refractivity contribution in [2.75, 3.05) is 5.32 Å². The molecule has 3 heteroatoms. The van der Waals surface area contributed by atoms with Gasteiger partial charge in [0.15, 0.2) is 0 Å². The van der Waals surface area contributed by atoms with Crippen LogP contribution in [0.15, 0.2) is 24.3 Å². The molecule has 0 unspecified atom stereocenters. The Morgan fingerprint density at radius 3 is 2.77 bits per heavy atom. The lowest BCUT2D eigenvalue weighted by Gasteiger charge is -2.11. The summed E-state index contributed by atoms with van der Waals surface area (Å²) in [6.45, 7) is 2.05. The molecule has 3 nitrogen and oxygen atoms in total. The lowest BCUT2D eigenvalue weighted by atomic mass is 10.1. The third-order valence-corrected chi connectivity index (χ3v) is 1.77. The van der Waals surface area contributed by atoms with Crippen LogP contribution in [0.1, 0.15) is 18.9 Å². The topological polar surface area (TPSA) is 52.2 Å². The first-order valence-corrected chi connectivity index (χ1v) is 4.30. The second-order valence-corrected chi connectivity index (χ2v) is 2.82. The van der Waals surface area contributed by atoms with Gasteiger partial charge >= 0.3 is 0 Å². The third kappa shape index (κ3) is 2.78. The van der Waals surface area contributed by atoms with Gasteiger partial charge in [-0.05, 0) is 18.1 Å². The molecule has 13 heavy (non-hydrogen) atoms. The van der Waals surface area contributed by atoms with Gasteiger partial charge in [-0.25, -0.2) is 0 Å². The maximum absolute atomic E-state index is 10.3. The first-order valence-electron chi connectivity index (χ1n) is 4.30. The molecule has 1 N–H and O–H groups in total. The molecular weight excluding hydrogens is 166 g/mol. The van der Waals surface area contributed by atoms with Crippen LogP contribution in [0, 0.1) is 0 Å². The fourth-order valence-corrected chi connectivity index (χ4v) is 1.24. The van der Waals surface area contributed by atoms with Crippen LogP contribution < -0.4 is 10.4 Å². The minimum absolute atomic E-state index is 0.629. The van der Waals surface area contributed by atoms with Crippen molar-refractivity contribution in [3.63, 3.8) is 0 Å². The predicted octanol–water partition coefficient (Wildman–Crippen LogP) is 1.39. The SMILES string of the molecule is CCCc1ccccc1NC(=O)[O-]. The highest BCUT2D eigenvalue weighted by atomic mass is 16.4. The second-order valence-electron chi connectivity index (χ2n) is 2.82. The monoisotopic (exact) mass is 178 g/mol. The highest BCUT2D eigenvalue weighted by Crippen LogP contribution is 2.15. The Bertz CT molecular complexity index is 297. The summed E-state index contributed by atoms with van der Waals surface area (Å²) in [5.74, 6) is 0. The van der Waals surface area contributed by atoms with E-state index in [9.17, 15) is 9.90 Å². The van der Waals surface area contributed by atoms with Crippen molar-refractivity contribution in [3.8, 4) is 0 Å². The number of amides is 1. The summed E-state index contributed by atoms with van der Waals surface area (Å²) in [6.07, 6.45) is 0.603.